The van der Waals surface area contributed by atoms with Crippen LogP contribution in [0, 0.1) is 0 Å². The highest BCUT2D eigenvalue weighted by molar-refractivity contribution is 5.23. The summed E-state index contributed by atoms with van der Waals surface area (Å²) in [4.78, 5) is 0. The smallest absolute Gasteiger partial charge is 0.0362 e. The van der Waals surface area contributed by atoms with Crippen molar-refractivity contribution in [2.45, 2.75) is 26.4 Å². The third-order valence-electron chi connectivity index (χ3n) is 2.38. The van der Waals surface area contributed by atoms with Crippen molar-refractivity contribution in [1.82, 2.24) is 9.88 Å². The van der Waals surface area contributed by atoms with Gasteiger partial charge in [-0.1, -0.05) is 6.92 Å². The van der Waals surface area contributed by atoms with Gasteiger partial charge in [-0.25, -0.2) is 0 Å². The van der Waals surface area contributed by atoms with Crippen molar-refractivity contribution in [3.63, 3.8) is 0 Å². The quantitative estimate of drug-likeness (QED) is 0.635. The van der Waals surface area contributed by atoms with Crippen LogP contribution in [-0.4, -0.2) is 11.1 Å². The molecular weight excluding hydrogens is 136 g/mol. The van der Waals surface area contributed by atoms with E-state index in [-0.39, 0.29) is 0 Å². The van der Waals surface area contributed by atoms with Gasteiger partial charge in [0.05, 0.1) is 0 Å². The number of fused-ring (bicyclic) bond motifs is 1. The zero-order valence-corrected chi connectivity index (χ0v) is 6.93. The number of hydrogen-bond donors (Lipinski definition) is 1. The minimum absolute atomic E-state index is 1.05. The molecule has 1 aliphatic rings. The maximum atomic E-state index is 3.38. The number of aromatic nitrogens is 1. The highest BCUT2D eigenvalue weighted by atomic mass is 15.1. The van der Waals surface area contributed by atoms with Crippen molar-refractivity contribution < 1.29 is 0 Å². The predicted octanol–water partition coefficient (Wildman–Crippen LogP) is 1.15. The summed E-state index contributed by atoms with van der Waals surface area (Å²) >= 11 is 0. The summed E-state index contributed by atoms with van der Waals surface area (Å²) in [5, 5.41) is 3.38. The number of rotatable bonds is 1. The monoisotopic (exact) mass is 150 g/mol. The van der Waals surface area contributed by atoms with Crippen molar-refractivity contribution in [3.8, 4) is 0 Å². The molecule has 0 spiro atoms. The van der Waals surface area contributed by atoms with Gasteiger partial charge in [0.25, 0.3) is 0 Å². The second-order valence-corrected chi connectivity index (χ2v) is 3.01. The maximum Gasteiger partial charge on any atom is 0.0362 e. The molecule has 11 heavy (non-hydrogen) atoms. The molecule has 0 unspecified atom stereocenters. The van der Waals surface area contributed by atoms with Crippen molar-refractivity contribution >= 4 is 0 Å². The van der Waals surface area contributed by atoms with Gasteiger partial charge in [0.1, 0.15) is 0 Å². The summed E-state index contributed by atoms with van der Waals surface area (Å²) in [6, 6.07) is 2.24. The molecule has 2 rings (SSSR count). The Labute approximate surface area is 67.2 Å². The first-order valence-corrected chi connectivity index (χ1v) is 4.29. The molecule has 0 bridgehead atoms. The van der Waals surface area contributed by atoms with E-state index in [9.17, 15) is 0 Å². The van der Waals surface area contributed by atoms with Crippen LogP contribution in [-0.2, 0) is 19.5 Å². The lowest BCUT2D eigenvalue weighted by molar-refractivity contribution is 0.513. The molecule has 1 aromatic rings. The van der Waals surface area contributed by atoms with Gasteiger partial charge in [-0.2, -0.15) is 0 Å². The molecule has 0 saturated carbocycles. The lowest BCUT2D eigenvalue weighted by Crippen LogP contribution is -2.27. The van der Waals surface area contributed by atoms with Gasteiger partial charge in [-0.15, -0.1) is 0 Å². The second kappa shape index (κ2) is 2.70. The van der Waals surface area contributed by atoms with Gasteiger partial charge in [-0.05, 0) is 18.1 Å². The zero-order chi connectivity index (χ0) is 7.68. The Kier molecular flexibility index (Phi) is 1.70. The summed E-state index contributed by atoms with van der Waals surface area (Å²) < 4.78 is 2.36. The van der Waals surface area contributed by atoms with E-state index in [1.807, 2.05) is 0 Å². The molecular formula is C9H14N2. The van der Waals surface area contributed by atoms with Crippen LogP contribution in [0.3, 0.4) is 0 Å². The van der Waals surface area contributed by atoms with Crippen molar-refractivity contribution in [2.24, 2.45) is 0 Å². The van der Waals surface area contributed by atoms with E-state index < -0.39 is 0 Å². The molecule has 0 amide bonds. The SMILES string of the molecule is CCc1ccn2c1CNCC2. The van der Waals surface area contributed by atoms with E-state index in [0.717, 1.165) is 26.1 Å². The summed E-state index contributed by atoms with van der Waals surface area (Å²) in [6.07, 6.45) is 3.36. The standard InChI is InChI=1S/C9H14N2/c1-2-8-3-5-11-6-4-10-7-9(8)11/h3,5,10H,2,4,6-7H2,1H3. The predicted molar refractivity (Wildman–Crippen MR) is 45.5 cm³/mol. The molecule has 0 saturated heterocycles. The van der Waals surface area contributed by atoms with E-state index in [4.69, 9.17) is 0 Å². The molecule has 2 heteroatoms. The molecule has 0 radical (unpaired) electrons. The molecule has 2 nitrogen and oxygen atoms in total. The third kappa shape index (κ3) is 1.07. The molecule has 0 aliphatic carbocycles. The fraction of sp³-hybridized carbons (Fsp3) is 0.556. The van der Waals surface area contributed by atoms with Crippen LogP contribution < -0.4 is 5.32 Å². The van der Waals surface area contributed by atoms with E-state index in [1.165, 1.54) is 11.3 Å². The Bertz CT molecular complexity index is 237. The van der Waals surface area contributed by atoms with Crippen LogP contribution in [0.15, 0.2) is 12.3 Å². The largest absolute Gasteiger partial charge is 0.349 e. The third-order valence-corrected chi connectivity index (χ3v) is 2.38. The van der Waals surface area contributed by atoms with Gasteiger partial charge in [0.15, 0.2) is 0 Å². The lowest BCUT2D eigenvalue weighted by atomic mass is 10.2. The Morgan fingerprint density at radius 3 is 3.36 bits per heavy atom. The highest BCUT2D eigenvalue weighted by Gasteiger charge is 2.10. The Balaban J connectivity index is 2.38. The molecule has 0 fully saturated rings. The Hall–Kier alpha value is -0.760. The average Bonchev–Trinajstić information content (AvgIpc) is 2.47. The van der Waals surface area contributed by atoms with Gasteiger partial charge in [0, 0.05) is 31.5 Å². The molecule has 1 aromatic heterocycles. The molecule has 1 aliphatic heterocycles. The first-order chi connectivity index (χ1) is 5.42. The number of nitrogens with zero attached hydrogens (tertiary/aromatic N) is 1. The second-order valence-electron chi connectivity index (χ2n) is 3.01. The summed E-state index contributed by atoms with van der Waals surface area (Å²) in [5.41, 5.74) is 2.98. The van der Waals surface area contributed by atoms with Crippen LogP contribution in [0.1, 0.15) is 18.2 Å². The minimum Gasteiger partial charge on any atom is -0.349 e. The van der Waals surface area contributed by atoms with Gasteiger partial charge >= 0.3 is 0 Å². The van der Waals surface area contributed by atoms with E-state index >= 15 is 0 Å². The van der Waals surface area contributed by atoms with Crippen LogP contribution >= 0.6 is 0 Å². The van der Waals surface area contributed by atoms with Gasteiger partial charge in [0.2, 0.25) is 0 Å². The molecule has 0 aromatic carbocycles. The van der Waals surface area contributed by atoms with Crippen LogP contribution in [0.4, 0.5) is 0 Å². The van der Waals surface area contributed by atoms with Crippen LogP contribution in [0.2, 0.25) is 0 Å². The fourth-order valence-electron chi connectivity index (χ4n) is 1.70. The molecule has 60 valence electrons. The molecule has 0 atom stereocenters. The Morgan fingerprint density at radius 2 is 2.55 bits per heavy atom. The van der Waals surface area contributed by atoms with Gasteiger partial charge in [-0.3, -0.25) is 0 Å². The average molecular weight is 150 g/mol. The fourth-order valence-corrected chi connectivity index (χ4v) is 1.70. The summed E-state index contributed by atoms with van der Waals surface area (Å²) in [6.45, 7) is 5.52. The molecule has 1 N–H and O–H groups in total. The van der Waals surface area contributed by atoms with E-state index in [0.29, 0.717) is 0 Å². The molecule has 2 heterocycles. The topological polar surface area (TPSA) is 17.0 Å². The Morgan fingerprint density at radius 1 is 1.64 bits per heavy atom. The normalized spacial score (nSPS) is 16.5. The van der Waals surface area contributed by atoms with E-state index in [1.54, 1.807) is 0 Å². The van der Waals surface area contributed by atoms with Crippen molar-refractivity contribution in [3.05, 3.63) is 23.5 Å². The first kappa shape index (κ1) is 6.92. The number of aryl methyl sites for hydroxylation is 1. The van der Waals surface area contributed by atoms with E-state index in [2.05, 4.69) is 29.1 Å². The van der Waals surface area contributed by atoms with Crippen molar-refractivity contribution in [2.75, 3.05) is 6.54 Å². The number of hydrogen-bond acceptors (Lipinski definition) is 1. The summed E-state index contributed by atoms with van der Waals surface area (Å²) in [5.74, 6) is 0. The van der Waals surface area contributed by atoms with Crippen molar-refractivity contribution in [1.29, 1.82) is 0 Å². The van der Waals surface area contributed by atoms with Gasteiger partial charge < -0.3 is 9.88 Å². The zero-order valence-electron chi connectivity index (χ0n) is 6.93. The van der Waals surface area contributed by atoms with Crippen LogP contribution in [0.5, 0.6) is 0 Å². The minimum atomic E-state index is 1.05. The van der Waals surface area contributed by atoms with Crippen LogP contribution in [0.25, 0.3) is 0 Å². The summed E-state index contributed by atoms with van der Waals surface area (Å²) in [7, 11) is 0. The first-order valence-electron chi connectivity index (χ1n) is 4.29. The lowest BCUT2D eigenvalue weighted by Gasteiger charge is -2.17. The highest BCUT2D eigenvalue weighted by Crippen LogP contribution is 2.13. The maximum absolute atomic E-state index is 3.38. The number of nitrogens with one attached hydrogen (secondary N) is 1.